The van der Waals surface area contributed by atoms with E-state index >= 15 is 0 Å². The Morgan fingerprint density at radius 3 is 1.27 bits per heavy atom. The molecule has 98 heavy (non-hydrogen) atoms. The highest BCUT2D eigenvalue weighted by Crippen LogP contribution is 2.53. The van der Waals surface area contributed by atoms with E-state index in [0.717, 1.165) is 0 Å². The van der Waals surface area contributed by atoms with Crippen molar-refractivity contribution in [2.75, 3.05) is 112 Å². The maximum Gasteiger partial charge on any atom is 0.237 e. The SMILES string of the molecule is CC(=O)NC1C(OCCOCCNC(=O)CN(CC(=O)NCCOCCOC2OC(CO)C(O)C(O)C2NC(C)=O)C(Cc2ccc(CNC(=O)C3CCC(OP(=O)([O-])C(C)(C)C)CC3)cc2)C(=O)NCCOCCOC2OC(CO)C(O)C(O)C2NC(C)=O)OC(CO)C(O)C1O. The summed E-state index contributed by atoms with van der Waals surface area (Å²) in [6.45, 7) is 3.99. The minimum atomic E-state index is -4.15. The highest BCUT2D eigenvalue weighted by molar-refractivity contribution is 7.53. The van der Waals surface area contributed by atoms with Crippen molar-refractivity contribution in [3.05, 3.63) is 35.4 Å². The van der Waals surface area contributed by atoms with Crippen molar-refractivity contribution in [2.24, 2.45) is 5.92 Å². The van der Waals surface area contributed by atoms with Crippen LogP contribution < -0.4 is 42.1 Å². The molecule has 17 unspecified atom stereocenters. The van der Waals surface area contributed by atoms with Gasteiger partial charge in [-0.05, 0) is 43.2 Å². The zero-order valence-electron chi connectivity index (χ0n) is 56.1. The third-order valence-corrected chi connectivity index (χ3v) is 18.7. The molecule has 16 N–H and O–H groups in total. The van der Waals surface area contributed by atoms with Crippen LogP contribution in [0.2, 0.25) is 0 Å². The topological polar surface area (TPSA) is 521 Å². The minimum absolute atomic E-state index is 0.0836. The number of amides is 7. The van der Waals surface area contributed by atoms with Gasteiger partial charge in [0.15, 0.2) is 18.9 Å². The molecule has 5 rings (SSSR count). The molecule has 1 aromatic rings. The van der Waals surface area contributed by atoms with Crippen molar-refractivity contribution in [3.63, 3.8) is 0 Å². The maximum atomic E-state index is 14.6. The average Bonchev–Trinajstić information content (AvgIpc) is 0.826. The number of rotatable bonds is 40. The molecule has 0 radical (unpaired) electrons. The van der Waals surface area contributed by atoms with Crippen LogP contribution in [0.1, 0.15) is 78.4 Å². The maximum absolute atomic E-state index is 14.6. The summed E-state index contributed by atoms with van der Waals surface area (Å²) in [5, 5.41) is 109. The molecule has 1 aromatic carbocycles. The van der Waals surface area contributed by atoms with E-state index in [4.69, 9.17) is 47.2 Å². The fourth-order valence-corrected chi connectivity index (χ4v) is 11.9. The number of hydrogen-bond donors (Lipinski definition) is 16. The molecule has 0 aromatic heterocycles. The van der Waals surface area contributed by atoms with Gasteiger partial charge in [-0.15, -0.1) is 0 Å². The third kappa shape index (κ3) is 26.7. The largest absolute Gasteiger partial charge is 0.778 e. The van der Waals surface area contributed by atoms with Crippen LogP contribution >= 0.6 is 7.60 Å². The molecule has 3 heterocycles. The van der Waals surface area contributed by atoms with E-state index in [1.807, 2.05) is 0 Å². The van der Waals surface area contributed by atoms with Crippen molar-refractivity contribution >= 4 is 48.9 Å². The van der Waals surface area contributed by atoms with E-state index < -0.39 is 185 Å². The summed E-state index contributed by atoms with van der Waals surface area (Å²) in [6.07, 6.45) is -15.7. The highest BCUT2D eigenvalue weighted by atomic mass is 31.2. The number of carbonyl (C=O) groups excluding carboxylic acids is 7. The molecule has 3 aliphatic heterocycles. The van der Waals surface area contributed by atoms with E-state index in [2.05, 4.69) is 37.2 Å². The van der Waals surface area contributed by atoms with Gasteiger partial charge >= 0.3 is 0 Å². The standard InChI is InChI=1S/C61H103N8O28P/c1-34(73)66-47-53(81)50(78)42(31-70)94-58(47)91-24-21-88-18-15-62-45(76)29-69(30-46(77)63-16-19-89-22-25-92-59-48(67-35(2)74)54(82)51(79)43(32-71)95-59)41(57(85)64-17-20-90-23-26-93-60-49(68-36(3)75)55(83)52(80)44(33-72)96-60)27-37-7-9-38(10-8-37)28-65-56(84)39-11-13-40(14-12-39)97-98(86,87)61(4,5)6/h7-10,39-44,47-55,58-60,70-72,78-83H,11-33H2,1-6H3,(H,62,76)(H,63,77)(H,64,85)(H,65,84)(H,66,73)(H,67,74)(H,68,75)(H,86,87)/p-1. The van der Waals surface area contributed by atoms with Gasteiger partial charge in [0.1, 0.15) is 80.7 Å². The summed E-state index contributed by atoms with van der Waals surface area (Å²) in [5.41, 5.74) is 1.26. The number of hydrogen-bond acceptors (Lipinski definition) is 29. The highest BCUT2D eigenvalue weighted by Gasteiger charge is 2.48. The van der Waals surface area contributed by atoms with Gasteiger partial charge in [0.2, 0.25) is 41.4 Å². The summed E-state index contributed by atoms with van der Waals surface area (Å²) in [5.74, 6) is -4.17. The molecule has 36 nitrogen and oxygen atoms in total. The molecule has 3 saturated heterocycles. The average molecular weight is 1430 g/mol. The van der Waals surface area contributed by atoms with Gasteiger partial charge in [0.25, 0.3) is 0 Å². The molecular weight excluding hydrogens is 1320 g/mol. The van der Waals surface area contributed by atoms with Gasteiger partial charge < -0.3 is 140 Å². The summed E-state index contributed by atoms with van der Waals surface area (Å²) in [4.78, 5) is 105. The first-order valence-electron chi connectivity index (χ1n) is 32.7. The van der Waals surface area contributed by atoms with Crippen LogP contribution in [0.15, 0.2) is 24.3 Å². The first-order valence-corrected chi connectivity index (χ1v) is 34.2. The molecule has 1 aliphatic carbocycles. The fraction of sp³-hybridized carbons (Fsp3) is 0.787. The van der Waals surface area contributed by atoms with E-state index in [1.165, 1.54) is 25.7 Å². The van der Waals surface area contributed by atoms with E-state index in [0.29, 0.717) is 36.8 Å². The number of nitrogens with one attached hydrogen (secondary N) is 7. The van der Waals surface area contributed by atoms with Crippen LogP contribution in [0.25, 0.3) is 0 Å². The quantitative estimate of drug-likeness (QED) is 0.0214. The van der Waals surface area contributed by atoms with Crippen molar-refractivity contribution in [1.82, 2.24) is 42.1 Å². The fourth-order valence-electron chi connectivity index (χ4n) is 11.0. The Hall–Kier alpha value is -5.10. The lowest BCUT2D eigenvalue weighted by atomic mass is 9.87. The van der Waals surface area contributed by atoms with E-state index in [1.54, 1.807) is 45.0 Å². The zero-order valence-corrected chi connectivity index (χ0v) is 57.0. The Labute approximate surface area is 568 Å². The van der Waals surface area contributed by atoms with E-state index in [-0.39, 0.29) is 104 Å². The van der Waals surface area contributed by atoms with Crippen LogP contribution in [-0.2, 0) is 98.2 Å². The summed E-state index contributed by atoms with van der Waals surface area (Å²) in [6, 6.07) is 2.07. The van der Waals surface area contributed by atoms with Gasteiger partial charge in [-0.3, -0.25) is 38.5 Å². The lowest BCUT2D eigenvalue weighted by molar-refractivity contribution is -0.272. The van der Waals surface area contributed by atoms with Crippen molar-refractivity contribution in [1.29, 1.82) is 0 Å². The van der Waals surface area contributed by atoms with Crippen LogP contribution in [0.3, 0.4) is 0 Å². The smallest absolute Gasteiger partial charge is 0.237 e. The van der Waals surface area contributed by atoms with Gasteiger partial charge in [-0.1, -0.05) is 45.0 Å². The lowest BCUT2D eigenvalue weighted by Gasteiger charge is -2.42. The molecule has 560 valence electrons. The van der Waals surface area contributed by atoms with Crippen molar-refractivity contribution in [2.45, 2.75) is 189 Å². The predicted molar refractivity (Wildman–Crippen MR) is 337 cm³/mol. The number of aliphatic hydroxyl groups is 9. The summed E-state index contributed by atoms with van der Waals surface area (Å²) < 4.78 is 69.0. The molecule has 0 bridgehead atoms. The van der Waals surface area contributed by atoms with Gasteiger partial charge in [-0.2, -0.15) is 0 Å². The molecule has 7 amide bonds. The van der Waals surface area contributed by atoms with Gasteiger partial charge in [0, 0.05) is 58.0 Å². The van der Waals surface area contributed by atoms with Crippen molar-refractivity contribution in [3.8, 4) is 0 Å². The number of carbonyl (C=O) groups is 7. The van der Waals surface area contributed by atoms with Crippen LogP contribution in [0.5, 0.6) is 0 Å². The number of benzene rings is 1. The molecule has 4 fully saturated rings. The normalized spacial score (nSPS) is 29.1. The Morgan fingerprint density at radius 1 is 0.541 bits per heavy atom. The van der Waals surface area contributed by atoms with Crippen LogP contribution in [0, 0.1) is 5.92 Å². The number of ether oxygens (including phenoxy) is 9. The second-order valence-corrected chi connectivity index (χ2v) is 27.7. The van der Waals surface area contributed by atoms with Crippen molar-refractivity contribution < 1.29 is 136 Å². The summed E-state index contributed by atoms with van der Waals surface area (Å²) in [7, 11) is -4.15. The molecule has 37 heteroatoms. The Bertz CT molecular complexity index is 2600. The Morgan fingerprint density at radius 2 is 0.908 bits per heavy atom. The molecule has 4 aliphatic rings. The lowest BCUT2D eigenvalue weighted by Crippen LogP contribution is -2.64. The Kier molecular flexibility index (Phi) is 35.6. The molecule has 1 saturated carbocycles. The predicted octanol–water partition coefficient (Wildman–Crippen LogP) is -7.28. The van der Waals surface area contributed by atoms with Crippen LogP contribution in [-0.4, -0.2) is 313 Å². The first-order chi connectivity index (χ1) is 46.5. The molecule has 0 spiro atoms. The summed E-state index contributed by atoms with van der Waals surface area (Å²) >= 11 is 0. The molecule has 17 atom stereocenters. The van der Waals surface area contributed by atoms with Gasteiger partial charge in [0.05, 0.1) is 105 Å². The second-order valence-electron chi connectivity index (χ2n) is 25.1. The van der Waals surface area contributed by atoms with Crippen LogP contribution in [0.4, 0.5) is 0 Å². The zero-order chi connectivity index (χ0) is 72.3. The van der Waals surface area contributed by atoms with E-state index in [9.17, 15) is 89.0 Å². The monoisotopic (exact) mass is 1430 g/mol. The number of aliphatic hydroxyl groups excluding tert-OH is 9. The number of nitrogens with zero attached hydrogens (tertiary/aromatic N) is 1. The minimum Gasteiger partial charge on any atom is -0.778 e. The molecular formula is C61H102N8O28P-. The second kappa shape index (κ2) is 41.7. The first kappa shape index (κ1) is 83.6. The Balaban J connectivity index is 1.26. The third-order valence-electron chi connectivity index (χ3n) is 16.5. The van der Waals surface area contributed by atoms with Gasteiger partial charge in [-0.25, -0.2) is 0 Å².